The number of fused-ring (bicyclic) bond motifs is 1. The van der Waals surface area contributed by atoms with Crippen molar-refractivity contribution in [1.82, 2.24) is 30.1 Å². The van der Waals surface area contributed by atoms with Gasteiger partial charge in [0.25, 0.3) is 5.56 Å². The van der Waals surface area contributed by atoms with Gasteiger partial charge in [0.2, 0.25) is 0 Å². The highest BCUT2D eigenvalue weighted by atomic mass is 16.5. The molecule has 2 N–H and O–H groups in total. The van der Waals surface area contributed by atoms with Gasteiger partial charge in [0, 0.05) is 30.8 Å². The zero-order valence-electron chi connectivity index (χ0n) is 18.7. The van der Waals surface area contributed by atoms with Gasteiger partial charge in [-0.25, -0.2) is 4.68 Å². The molecule has 0 bridgehead atoms. The van der Waals surface area contributed by atoms with Gasteiger partial charge >= 0.3 is 5.97 Å². The predicted octanol–water partition coefficient (Wildman–Crippen LogP) is 1.72. The van der Waals surface area contributed by atoms with Gasteiger partial charge in [-0.05, 0) is 60.7 Å². The van der Waals surface area contributed by atoms with Crippen molar-refractivity contribution in [3.05, 3.63) is 51.6 Å². The molecular formula is C22H30N6O4. The van der Waals surface area contributed by atoms with Crippen LogP contribution in [-0.4, -0.2) is 60.9 Å². The molecule has 0 fully saturated rings. The predicted molar refractivity (Wildman–Crippen MR) is 119 cm³/mol. The number of tetrazole rings is 1. The zero-order chi connectivity index (χ0) is 23.1. The van der Waals surface area contributed by atoms with Crippen LogP contribution >= 0.6 is 0 Å². The number of aromatic nitrogens is 5. The van der Waals surface area contributed by atoms with Gasteiger partial charge in [0.05, 0.1) is 12.6 Å². The van der Waals surface area contributed by atoms with E-state index in [4.69, 9.17) is 4.74 Å². The summed E-state index contributed by atoms with van der Waals surface area (Å²) in [6.45, 7) is 6.84. The van der Waals surface area contributed by atoms with Crippen molar-refractivity contribution in [2.75, 3.05) is 19.8 Å². The number of H-pyrrole nitrogens is 1. The number of hydrogen-bond acceptors (Lipinski definition) is 8. The fourth-order valence-electron chi connectivity index (χ4n) is 3.82. The minimum Gasteiger partial charge on any atom is -0.465 e. The van der Waals surface area contributed by atoms with E-state index in [1.807, 2.05) is 38.1 Å². The average molecular weight is 443 g/mol. The second-order valence-corrected chi connectivity index (χ2v) is 7.69. The van der Waals surface area contributed by atoms with E-state index >= 15 is 0 Å². The topological polar surface area (TPSA) is 126 Å². The summed E-state index contributed by atoms with van der Waals surface area (Å²) in [5, 5.41) is 22.3. The van der Waals surface area contributed by atoms with Crippen molar-refractivity contribution in [1.29, 1.82) is 0 Å². The lowest BCUT2D eigenvalue weighted by atomic mass is 10.1. The number of rotatable bonds is 11. The normalized spacial score (nSPS) is 12.4. The fourth-order valence-corrected chi connectivity index (χ4v) is 3.82. The third-order valence-corrected chi connectivity index (χ3v) is 5.32. The number of aliphatic hydroxyl groups excluding tert-OH is 1. The number of benzene rings is 1. The smallest absolute Gasteiger partial charge is 0.327 e. The molecule has 1 unspecified atom stereocenters. The maximum atomic E-state index is 12.8. The number of carbonyl (C=O) groups is 1. The highest BCUT2D eigenvalue weighted by Crippen LogP contribution is 2.25. The van der Waals surface area contributed by atoms with Gasteiger partial charge in [-0.1, -0.05) is 18.6 Å². The Morgan fingerprint density at radius 1 is 1.31 bits per heavy atom. The maximum absolute atomic E-state index is 12.8. The van der Waals surface area contributed by atoms with Crippen LogP contribution in [0.4, 0.5) is 0 Å². The van der Waals surface area contributed by atoms with Crippen LogP contribution in [0.25, 0.3) is 10.9 Å². The molecule has 32 heavy (non-hydrogen) atoms. The number of aliphatic hydroxyl groups is 1. The summed E-state index contributed by atoms with van der Waals surface area (Å²) >= 11 is 0. The van der Waals surface area contributed by atoms with E-state index in [9.17, 15) is 14.7 Å². The molecule has 1 aromatic carbocycles. The van der Waals surface area contributed by atoms with Crippen LogP contribution in [0.3, 0.4) is 0 Å². The molecule has 0 radical (unpaired) electrons. The first kappa shape index (κ1) is 23.6. The van der Waals surface area contributed by atoms with Gasteiger partial charge in [0.15, 0.2) is 5.82 Å². The molecule has 0 saturated carbocycles. The number of carbonyl (C=O) groups excluding carboxylic acids is 1. The van der Waals surface area contributed by atoms with E-state index in [1.165, 1.54) is 4.68 Å². The van der Waals surface area contributed by atoms with Crippen molar-refractivity contribution in [3.63, 3.8) is 0 Å². The second kappa shape index (κ2) is 11.0. The molecule has 1 atom stereocenters. The van der Waals surface area contributed by atoms with E-state index in [1.54, 1.807) is 6.92 Å². The van der Waals surface area contributed by atoms with Gasteiger partial charge in [-0.3, -0.25) is 14.5 Å². The van der Waals surface area contributed by atoms with Crippen molar-refractivity contribution < 1.29 is 14.6 Å². The molecule has 0 aliphatic rings. The van der Waals surface area contributed by atoms with Crippen LogP contribution < -0.4 is 5.56 Å². The molecule has 0 aliphatic carbocycles. The number of aromatic amines is 1. The number of nitrogens with one attached hydrogen (secondary N) is 1. The first-order valence-corrected chi connectivity index (χ1v) is 10.9. The zero-order valence-corrected chi connectivity index (χ0v) is 18.7. The Hall–Kier alpha value is -3.11. The lowest BCUT2D eigenvalue weighted by Crippen LogP contribution is -2.34. The number of aryl methyl sites for hydroxylation is 1. The third-order valence-electron chi connectivity index (χ3n) is 5.32. The fraction of sp³-hybridized carbons (Fsp3) is 0.500. The Balaban J connectivity index is 1.93. The second-order valence-electron chi connectivity index (χ2n) is 7.69. The molecule has 2 aromatic heterocycles. The Morgan fingerprint density at radius 3 is 2.84 bits per heavy atom. The molecule has 10 nitrogen and oxygen atoms in total. The largest absolute Gasteiger partial charge is 0.465 e. The summed E-state index contributed by atoms with van der Waals surface area (Å²) in [6, 6.07) is 7.55. The van der Waals surface area contributed by atoms with Gasteiger partial charge in [-0.2, -0.15) is 0 Å². The summed E-state index contributed by atoms with van der Waals surface area (Å²) in [7, 11) is 0. The van der Waals surface area contributed by atoms with Crippen LogP contribution in [0.2, 0.25) is 0 Å². The minimum absolute atomic E-state index is 0.0218. The van der Waals surface area contributed by atoms with Crippen LogP contribution in [0.15, 0.2) is 29.1 Å². The molecule has 0 saturated heterocycles. The Kier molecular flexibility index (Phi) is 8.07. The molecule has 0 aliphatic heterocycles. The highest BCUT2D eigenvalue weighted by Gasteiger charge is 2.26. The van der Waals surface area contributed by atoms with Crippen molar-refractivity contribution in [2.45, 2.75) is 52.7 Å². The van der Waals surface area contributed by atoms with Crippen molar-refractivity contribution >= 4 is 16.9 Å². The molecule has 0 spiro atoms. The van der Waals surface area contributed by atoms with Crippen molar-refractivity contribution in [2.24, 2.45) is 0 Å². The Bertz CT molecular complexity index is 1110. The maximum Gasteiger partial charge on any atom is 0.327 e. The van der Waals surface area contributed by atoms with E-state index in [0.717, 1.165) is 16.5 Å². The minimum atomic E-state index is -0.417. The van der Waals surface area contributed by atoms with Crippen LogP contribution in [0, 0.1) is 6.92 Å². The van der Waals surface area contributed by atoms with E-state index in [0.29, 0.717) is 37.3 Å². The lowest BCUT2D eigenvalue weighted by molar-refractivity contribution is -0.144. The molecule has 0 amide bonds. The first-order valence-electron chi connectivity index (χ1n) is 10.9. The molecular weight excluding hydrogens is 412 g/mol. The quantitative estimate of drug-likeness (QED) is 0.430. The average Bonchev–Trinajstić information content (AvgIpc) is 3.20. The van der Waals surface area contributed by atoms with E-state index < -0.39 is 5.97 Å². The van der Waals surface area contributed by atoms with Crippen molar-refractivity contribution in [3.8, 4) is 0 Å². The summed E-state index contributed by atoms with van der Waals surface area (Å²) in [5.74, 6) is 0.103. The van der Waals surface area contributed by atoms with E-state index in [-0.39, 0.29) is 31.4 Å². The number of ether oxygens (including phenoxy) is 1. The van der Waals surface area contributed by atoms with Gasteiger partial charge in [0.1, 0.15) is 6.54 Å². The first-order chi connectivity index (χ1) is 15.5. The number of pyridine rings is 1. The molecule has 10 heteroatoms. The van der Waals surface area contributed by atoms with Gasteiger partial charge < -0.3 is 14.8 Å². The number of nitrogens with zero attached hydrogens (tertiary/aromatic N) is 5. The molecule has 3 rings (SSSR count). The van der Waals surface area contributed by atoms with Crippen LogP contribution in [0.5, 0.6) is 0 Å². The molecule has 2 heterocycles. The van der Waals surface area contributed by atoms with Crippen LogP contribution in [-0.2, 0) is 22.6 Å². The number of esters is 1. The van der Waals surface area contributed by atoms with E-state index in [2.05, 4.69) is 25.4 Å². The summed E-state index contributed by atoms with van der Waals surface area (Å²) < 4.78 is 6.46. The Morgan fingerprint density at radius 2 is 2.12 bits per heavy atom. The summed E-state index contributed by atoms with van der Waals surface area (Å²) in [6.07, 6.45) is 1.18. The Labute approximate surface area is 186 Å². The molecule has 172 valence electrons. The third kappa shape index (κ3) is 5.57. The standard InChI is InChI=1S/C22H30N6O4/c1-4-19(21-24-25-26-28(21)14-20(30)32-5-2)27(9-6-10-29)13-17-12-16-11-15(3)7-8-18(16)23-22(17)31/h7-8,11-12,19,29H,4-6,9-10,13-14H2,1-3H3,(H,23,31). The van der Waals surface area contributed by atoms with Crippen LogP contribution in [0.1, 0.15) is 49.7 Å². The SMILES string of the molecule is CCOC(=O)Cn1nnnc1C(CC)N(CCCO)Cc1cc2cc(C)ccc2[nH]c1=O. The lowest BCUT2D eigenvalue weighted by Gasteiger charge is -2.30. The summed E-state index contributed by atoms with van der Waals surface area (Å²) in [5.41, 5.74) is 2.36. The van der Waals surface area contributed by atoms with Gasteiger partial charge in [-0.15, -0.1) is 5.10 Å². The highest BCUT2D eigenvalue weighted by molar-refractivity contribution is 5.79. The summed E-state index contributed by atoms with van der Waals surface area (Å²) in [4.78, 5) is 29.8. The monoisotopic (exact) mass is 442 g/mol. The molecule has 3 aromatic rings. The number of hydrogen-bond donors (Lipinski definition) is 2.